The third kappa shape index (κ3) is 3.13. The van der Waals surface area contributed by atoms with Gasteiger partial charge in [-0.25, -0.2) is 14.0 Å². The van der Waals surface area contributed by atoms with Gasteiger partial charge in [0, 0.05) is 13.7 Å². The van der Waals surface area contributed by atoms with Crippen molar-refractivity contribution in [3.8, 4) is 0 Å². The van der Waals surface area contributed by atoms with Crippen molar-refractivity contribution in [1.82, 2.24) is 4.90 Å². The summed E-state index contributed by atoms with van der Waals surface area (Å²) in [6, 6.07) is 3.15. The van der Waals surface area contributed by atoms with Gasteiger partial charge < -0.3 is 20.1 Å². The maximum atomic E-state index is 13.5. The molecule has 2 amide bonds. The standard InChI is InChI=1S/C14H17FN2O4/c1-8-11(6-7-21-8)17(2)14(20)16-10-5-3-4-9(15)12(10)13(18)19/h3-5,8,11H,6-7H2,1-2H3,(H,16,20)(H,18,19). The van der Waals surface area contributed by atoms with Gasteiger partial charge in [0.15, 0.2) is 0 Å². The number of halogens is 1. The average Bonchev–Trinajstić information content (AvgIpc) is 2.83. The minimum Gasteiger partial charge on any atom is -0.478 e. The van der Waals surface area contributed by atoms with Gasteiger partial charge in [0.25, 0.3) is 0 Å². The van der Waals surface area contributed by atoms with E-state index in [1.54, 1.807) is 7.05 Å². The number of hydrogen-bond donors (Lipinski definition) is 2. The van der Waals surface area contributed by atoms with E-state index in [0.29, 0.717) is 13.0 Å². The molecule has 0 aliphatic carbocycles. The Morgan fingerprint density at radius 2 is 2.19 bits per heavy atom. The third-order valence-corrected chi connectivity index (χ3v) is 3.62. The van der Waals surface area contributed by atoms with Crippen LogP contribution in [0.15, 0.2) is 18.2 Å². The molecule has 0 saturated carbocycles. The highest BCUT2D eigenvalue weighted by molar-refractivity contribution is 6.00. The smallest absolute Gasteiger partial charge is 0.340 e. The number of rotatable bonds is 3. The van der Waals surface area contributed by atoms with E-state index in [2.05, 4.69) is 5.32 Å². The van der Waals surface area contributed by atoms with Crippen molar-refractivity contribution in [3.63, 3.8) is 0 Å². The number of nitrogens with one attached hydrogen (secondary N) is 1. The number of aromatic carboxylic acids is 1. The first-order chi connectivity index (χ1) is 9.91. The molecule has 7 heteroatoms. The zero-order chi connectivity index (χ0) is 15.6. The third-order valence-electron chi connectivity index (χ3n) is 3.62. The van der Waals surface area contributed by atoms with E-state index in [1.807, 2.05) is 6.92 Å². The zero-order valence-electron chi connectivity index (χ0n) is 11.8. The quantitative estimate of drug-likeness (QED) is 0.896. The molecule has 114 valence electrons. The lowest BCUT2D eigenvalue weighted by molar-refractivity contribution is 0.0693. The molecule has 0 spiro atoms. The molecule has 2 N–H and O–H groups in total. The van der Waals surface area contributed by atoms with Crippen LogP contribution in [0.4, 0.5) is 14.9 Å². The van der Waals surface area contributed by atoms with Crippen LogP contribution in [0.1, 0.15) is 23.7 Å². The molecule has 1 aromatic rings. The molecule has 6 nitrogen and oxygen atoms in total. The van der Waals surface area contributed by atoms with Crippen LogP contribution >= 0.6 is 0 Å². The summed E-state index contributed by atoms with van der Waals surface area (Å²) < 4.78 is 18.9. The molecular weight excluding hydrogens is 279 g/mol. The Bertz CT molecular complexity index is 564. The van der Waals surface area contributed by atoms with Gasteiger partial charge in [0.05, 0.1) is 17.8 Å². The van der Waals surface area contributed by atoms with Gasteiger partial charge in [-0.2, -0.15) is 0 Å². The summed E-state index contributed by atoms with van der Waals surface area (Å²) in [7, 11) is 1.60. The van der Waals surface area contributed by atoms with E-state index in [9.17, 15) is 14.0 Å². The SMILES string of the molecule is CC1OCCC1N(C)C(=O)Nc1cccc(F)c1C(=O)O. The number of carbonyl (C=O) groups excluding carboxylic acids is 1. The second-order valence-electron chi connectivity index (χ2n) is 4.94. The monoisotopic (exact) mass is 296 g/mol. The second kappa shape index (κ2) is 6.09. The first kappa shape index (κ1) is 15.2. The lowest BCUT2D eigenvalue weighted by Crippen LogP contribution is -2.43. The normalized spacial score (nSPS) is 21.1. The van der Waals surface area contributed by atoms with Crippen LogP contribution in [0.25, 0.3) is 0 Å². The van der Waals surface area contributed by atoms with E-state index in [1.165, 1.54) is 17.0 Å². The number of nitrogens with zero attached hydrogens (tertiary/aromatic N) is 1. The summed E-state index contributed by atoms with van der Waals surface area (Å²) in [6.45, 7) is 2.44. The summed E-state index contributed by atoms with van der Waals surface area (Å²) in [4.78, 5) is 24.7. The average molecular weight is 296 g/mol. The number of benzene rings is 1. The first-order valence-corrected chi connectivity index (χ1v) is 6.59. The minimum absolute atomic E-state index is 0.0640. The van der Waals surface area contributed by atoms with Crippen molar-refractivity contribution in [3.05, 3.63) is 29.6 Å². The molecule has 1 saturated heterocycles. The zero-order valence-corrected chi connectivity index (χ0v) is 11.8. The first-order valence-electron chi connectivity index (χ1n) is 6.59. The number of likely N-dealkylation sites (N-methyl/N-ethyl adjacent to an activating group) is 1. The van der Waals surface area contributed by atoms with Gasteiger partial charge >= 0.3 is 12.0 Å². The Hall–Kier alpha value is -2.15. The minimum atomic E-state index is -1.43. The highest BCUT2D eigenvalue weighted by Gasteiger charge is 2.31. The van der Waals surface area contributed by atoms with Crippen LogP contribution in [-0.4, -0.2) is 47.8 Å². The van der Waals surface area contributed by atoms with Crippen LogP contribution in [0.5, 0.6) is 0 Å². The van der Waals surface area contributed by atoms with Crippen LogP contribution in [0.3, 0.4) is 0 Å². The highest BCUT2D eigenvalue weighted by atomic mass is 19.1. The number of hydrogen-bond acceptors (Lipinski definition) is 3. The van der Waals surface area contributed by atoms with E-state index >= 15 is 0 Å². The maximum absolute atomic E-state index is 13.5. The Labute approximate surface area is 121 Å². The van der Waals surface area contributed by atoms with Crippen LogP contribution in [0, 0.1) is 5.82 Å². The molecule has 2 unspecified atom stereocenters. The fourth-order valence-electron chi connectivity index (χ4n) is 2.43. The van der Waals surface area contributed by atoms with Gasteiger partial charge in [-0.05, 0) is 25.5 Å². The number of carboxylic acids is 1. The van der Waals surface area contributed by atoms with Crippen molar-refractivity contribution in [1.29, 1.82) is 0 Å². The fraction of sp³-hybridized carbons (Fsp3) is 0.429. The Morgan fingerprint density at radius 3 is 2.76 bits per heavy atom. The van der Waals surface area contributed by atoms with E-state index in [-0.39, 0.29) is 17.8 Å². The topological polar surface area (TPSA) is 78.9 Å². The van der Waals surface area contributed by atoms with E-state index < -0.39 is 23.4 Å². The molecule has 1 heterocycles. The van der Waals surface area contributed by atoms with Gasteiger partial charge in [-0.15, -0.1) is 0 Å². The number of carbonyl (C=O) groups is 2. The number of amides is 2. The number of ether oxygens (including phenoxy) is 1. The van der Waals surface area contributed by atoms with Crippen molar-refractivity contribution < 1.29 is 23.8 Å². The van der Waals surface area contributed by atoms with Crippen LogP contribution in [0.2, 0.25) is 0 Å². The largest absolute Gasteiger partial charge is 0.478 e. The van der Waals surface area contributed by atoms with Crippen molar-refractivity contribution in [2.45, 2.75) is 25.5 Å². The van der Waals surface area contributed by atoms with Crippen molar-refractivity contribution >= 4 is 17.7 Å². The molecule has 1 aliphatic rings. The summed E-state index contributed by atoms with van der Waals surface area (Å²) in [6.07, 6.45) is 0.618. The summed E-state index contributed by atoms with van der Waals surface area (Å²) in [5.41, 5.74) is -0.610. The van der Waals surface area contributed by atoms with Gasteiger partial charge in [-0.3, -0.25) is 0 Å². The van der Waals surface area contributed by atoms with Gasteiger partial charge in [0.2, 0.25) is 0 Å². The Balaban J connectivity index is 2.16. The predicted molar refractivity (Wildman–Crippen MR) is 74.0 cm³/mol. The molecule has 1 aromatic carbocycles. The lowest BCUT2D eigenvalue weighted by atomic mass is 10.1. The van der Waals surface area contributed by atoms with Crippen molar-refractivity contribution in [2.24, 2.45) is 0 Å². The fourth-order valence-corrected chi connectivity index (χ4v) is 2.43. The lowest BCUT2D eigenvalue weighted by Gasteiger charge is -2.27. The molecule has 2 atom stereocenters. The van der Waals surface area contributed by atoms with Crippen LogP contribution in [-0.2, 0) is 4.74 Å². The molecular formula is C14H17FN2O4. The van der Waals surface area contributed by atoms with E-state index in [4.69, 9.17) is 9.84 Å². The molecule has 1 aliphatic heterocycles. The van der Waals surface area contributed by atoms with Gasteiger partial charge in [0.1, 0.15) is 11.4 Å². The Kier molecular flexibility index (Phi) is 4.42. The summed E-state index contributed by atoms with van der Waals surface area (Å²) in [5.74, 6) is -2.32. The predicted octanol–water partition coefficient (Wildman–Crippen LogP) is 2.17. The number of urea groups is 1. The molecule has 21 heavy (non-hydrogen) atoms. The van der Waals surface area contributed by atoms with Gasteiger partial charge in [-0.1, -0.05) is 6.07 Å². The second-order valence-corrected chi connectivity index (χ2v) is 4.94. The summed E-state index contributed by atoms with van der Waals surface area (Å²) >= 11 is 0. The van der Waals surface area contributed by atoms with E-state index in [0.717, 1.165) is 6.07 Å². The summed E-state index contributed by atoms with van der Waals surface area (Å²) in [5, 5.41) is 11.5. The Morgan fingerprint density at radius 1 is 1.48 bits per heavy atom. The molecule has 0 radical (unpaired) electrons. The molecule has 0 aromatic heterocycles. The molecule has 0 bridgehead atoms. The molecule has 1 fully saturated rings. The van der Waals surface area contributed by atoms with Crippen LogP contribution < -0.4 is 5.32 Å². The number of carboxylic acid groups (broad SMARTS) is 1. The van der Waals surface area contributed by atoms with Crippen molar-refractivity contribution in [2.75, 3.05) is 19.0 Å². The number of anilines is 1. The molecule has 2 rings (SSSR count). The maximum Gasteiger partial charge on any atom is 0.340 e. The highest BCUT2D eigenvalue weighted by Crippen LogP contribution is 2.22.